The third-order valence-electron chi connectivity index (χ3n) is 3.43. The van der Waals surface area contributed by atoms with Gasteiger partial charge in [0.2, 0.25) is 0 Å². The fourth-order valence-corrected chi connectivity index (χ4v) is 3.12. The number of pyridine rings is 1. The lowest BCUT2D eigenvalue weighted by molar-refractivity contribution is 0.586. The predicted octanol–water partition coefficient (Wildman–Crippen LogP) is 2.83. The second-order valence-corrected chi connectivity index (χ2v) is 6.63. The molecule has 0 amide bonds. The number of anilines is 1. The number of nitrogens with one attached hydrogen (secondary N) is 1. The highest BCUT2D eigenvalue weighted by Gasteiger charge is 2.12. The normalized spacial score (nSPS) is 16.7. The van der Waals surface area contributed by atoms with Crippen LogP contribution in [0.3, 0.4) is 0 Å². The van der Waals surface area contributed by atoms with E-state index in [2.05, 4.69) is 54.9 Å². The van der Waals surface area contributed by atoms with Crippen LogP contribution in [0.5, 0.6) is 0 Å². The highest BCUT2D eigenvalue weighted by molar-refractivity contribution is 7.99. The summed E-state index contributed by atoms with van der Waals surface area (Å²) in [5.41, 5.74) is 2.46. The average molecular weight is 279 g/mol. The van der Waals surface area contributed by atoms with E-state index in [-0.39, 0.29) is 0 Å². The van der Waals surface area contributed by atoms with Crippen molar-refractivity contribution in [3.8, 4) is 0 Å². The number of thioether (sulfide) groups is 1. The van der Waals surface area contributed by atoms with Gasteiger partial charge in [-0.2, -0.15) is 11.8 Å². The van der Waals surface area contributed by atoms with E-state index in [9.17, 15) is 0 Å². The van der Waals surface area contributed by atoms with Crippen molar-refractivity contribution in [1.29, 1.82) is 0 Å². The quantitative estimate of drug-likeness (QED) is 0.917. The van der Waals surface area contributed by atoms with Crippen LogP contribution in [0.2, 0.25) is 0 Å². The molecule has 4 heteroatoms. The Morgan fingerprint density at radius 1 is 1.32 bits per heavy atom. The molecule has 2 rings (SSSR count). The zero-order valence-corrected chi connectivity index (χ0v) is 13.1. The lowest BCUT2D eigenvalue weighted by atomic mass is 10.2. The van der Waals surface area contributed by atoms with Crippen LogP contribution in [0.15, 0.2) is 12.1 Å². The third-order valence-corrected chi connectivity index (χ3v) is 4.48. The molecule has 1 saturated heterocycles. The highest BCUT2D eigenvalue weighted by Crippen LogP contribution is 2.19. The van der Waals surface area contributed by atoms with Crippen molar-refractivity contribution in [3.05, 3.63) is 23.4 Å². The van der Waals surface area contributed by atoms with Gasteiger partial charge in [-0.25, -0.2) is 4.98 Å². The number of hydrogen-bond donors (Lipinski definition) is 1. The van der Waals surface area contributed by atoms with Gasteiger partial charge in [0.25, 0.3) is 0 Å². The molecule has 1 aromatic heterocycles. The second kappa shape index (κ2) is 7.15. The Hall–Kier alpha value is -0.740. The Morgan fingerprint density at radius 3 is 2.89 bits per heavy atom. The molecule has 0 radical (unpaired) electrons. The summed E-state index contributed by atoms with van der Waals surface area (Å²) in [6.07, 6.45) is 1.27. The maximum absolute atomic E-state index is 4.79. The summed E-state index contributed by atoms with van der Waals surface area (Å²) in [4.78, 5) is 7.22. The zero-order valence-electron chi connectivity index (χ0n) is 12.3. The van der Waals surface area contributed by atoms with E-state index in [0.29, 0.717) is 6.04 Å². The Morgan fingerprint density at radius 2 is 2.16 bits per heavy atom. The Balaban J connectivity index is 2.04. The standard InChI is InChI=1S/C15H25N3S/c1-12(2)16-11-14-5-6-15(17-13(14)3)18-7-4-9-19-10-8-18/h5-6,12,16H,4,7-11H2,1-3H3. The Kier molecular flexibility index (Phi) is 5.52. The van der Waals surface area contributed by atoms with Crippen molar-refractivity contribution in [3.63, 3.8) is 0 Å². The summed E-state index contributed by atoms with van der Waals surface area (Å²) < 4.78 is 0. The molecule has 0 atom stereocenters. The Bertz CT molecular complexity index is 398. The molecule has 1 fully saturated rings. The van der Waals surface area contributed by atoms with Crippen LogP contribution in [0.25, 0.3) is 0 Å². The molecule has 1 aromatic rings. The van der Waals surface area contributed by atoms with Crippen LogP contribution in [0.4, 0.5) is 5.82 Å². The van der Waals surface area contributed by atoms with Crippen LogP contribution < -0.4 is 10.2 Å². The van der Waals surface area contributed by atoms with E-state index in [4.69, 9.17) is 4.98 Å². The molecule has 106 valence electrons. The molecular formula is C15H25N3S. The van der Waals surface area contributed by atoms with Gasteiger partial charge in [0, 0.05) is 37.1 Å². The van der Waals surface area contributed by atoms with Crippen molar-refractivity contribution < 1.29 is 0 Å². The summed E-state index contributed by atoms with van der Waals surface area (Å²) in [6.45, 7) is 9.64. The van der Waals surface area contributed by atoms with Crippen molar-refractivity contribution in [1.82, 2.24) is 10.3 Å². The second-order valence-electron chi connectivity index (χ2n) is 5.40. The topological polar surface area (TPSA) is 28.2 Å². The molecule has 1 aliphatic rings. The van der Waals surface area contributed by atoms with E-state index in [0.717, 1.165) is 31.1 Å². The number of aryl methyl sites for hydroxylation is 1. The van der Waals surface area contributed by atoms with Gasteiger partial charge in [-0.1, -0.05) is 19.9 Å². The van der Waals surface area contributed by atoms with Crippen molar-refractivity contribution in [2.24, 2.45) is 0 Å². The van der Waals surface area contributed by atoms with E-state index < -0.39 is 0 Å². The first kappa shape index (κ1) is 14.7. The molecule has 0 unspecified atom stereocenters. The first-order valence-electron chi connectivity index (χ1n) is 7.19. The minimum atomic E-state index is 0.515. The minimum Gasteiger partial charge on any atom is -0.356 e. The van der Waals surface area contributed by atoms with Crippen molar-refractivity contribution in [2.75, 3.05) is 29.5 Å². The SMILES string of the molecule is Cc1nc(N2CCCSCC2)ccc1CNC(C)C. The monoisotopic (exact) mass is 279 g/mol. The number of rotatable bonds is 4. The minimum absolute atomic E-state index is 0.515. The van der Waals surface area contributed by atoms with Crippen molar-refractivity contribution >= 4 is 17.6 Å². The van der Waals surface area contributed by atoms with Crippen molar-refractivity contribution in [2.45, 2.75) is 39.8 Å². The molecule has 1 N–H and O–H groups in total. The van der Waals surface area contributed by atoms with E-state index >= 15 is 0 Å². The van der Waals surface area contributed by atoms with Gasteiger partial charge in [0.15, 0.2) is 0 Å². The van der Waals surface area contributed by atoms with E-state index in [1.165, 1.54) is 23.5 Å². The smallest absolute Gasteiger partial charge is 0.128 e. The van der Waals surface area contributed by atoms with Crippen LogP contribution in [-0.4, -0.2) is 35.6 Å². The summed E-state index contributed by atoms with van der Waals surface area (Å²) in [5, 5.41) is 3.45. The fourth-order valence-electron chi connectivity index (χ4n) is 2.23. The largest absolute Gasteiger partial charge is 0.356 e. The molecule has 0 bridgehead atoms. The zero-order chi connectivity index (χ0) is 13.7. The third kappa shape index (κ3) is 4.39. The lowest BCUT2D eigenvalue weighted by Crippen LogP contribution is -2.27. The molecule has 2 heterocycles. The van der Waals surface area contributed by atoms with Gasteiger partial charge in [-0.05, 0) is 30.7 Å². The van der Waals surface area contributed by atoms with Gasteiger partial charge >= 0.3 is 0 Å². The van der Waals surface area contributed by atoms with Crippen LogP contribution >= 0.6 is 11.8 Å². The molecule has 0 spiro atoms. The van der Waals surface area contributed by atoms with E-state index in [1.807, 2.05) is 0 Å². The van der Waals surface area contributed by atoms with Crippen LogP contribution in [-0.2, 0) is 6.54 Å². The fraction of sp³-hybridized carbons (Fsp3) is 0.667. The molecule has 3 nitrogen and oxygen atoms in total. The van der Waals surface area contributed by atoms with Crippen LogP contribution in [0, 0.1) is 6.92 Å². The lowest BCUT2D eigenvalue weighted by Gasteiger charge is -2.22. The molecule has 0 aromatic carbocycles. The first-order chi connectivity index (χ1) is 9.16. The van der Waals surface area contributed by atoms with Gasteiger partial charge in [0.05, 0.1) is 0 Å². The first-order valence-corrected chi connectivity index (χ1v) is 8.35. The maximum Gasteiger partial charge on any atom is 0.128 e. The molecule has 0 saturated carbocycles. The summed E-state index contributed by atoms with van der Waals surface area (Å²) in [7, 11) is 0. The van der Waals surface area contributed by atoms with E-state index in [1.54, 1.807) is 0 Å². The molecule has 19 heavy (non-hydrogen) atoms. The number of hydrogen-bond acceptors (Lipinski definition) is 4. The highest BCUT2D eigenvalue weighted by atomic mass is 32.2. The van der Waals surface area contributed by atoms with Gasteiger partial charge in [-0.15, -0.1) is 0 Å². The summed E-state index contributed by atoms with van der Waals surface area (Å²) in [6, 6.07) is 4.92. The number of aromatic nitrogens is 1. The molecule has 1 aliphatic heterocycles. The number of nitrogens with zero attached hydrogens (tertiary/aromatic N) is 2. The molecular weight excluding hydrogens is 254 g/mol. The van der Waals surface area contributed by atoms with Gasteiger partial charge in [-0.3, -0.25) is 0 Å². The maximum atomic E-state index is 4.79. The Labute approximate surface area is 121 Å². The average Bonchev–Trinajstić information content (AvgIpc) is 2.66. The molecule has 0 aliphatic carbocycles. The summed E-state index contributed by atoms with van der Waals surface area (Å²) in [5.74, 6) is 3.65. The van der Waals surface area contributed by atoms with Gasteiger partial charge < -0.3 is 10.2 Å². The van der Waals surface area contributed by atoms with Gasteiger partial charge in [0.1, 0.15) is 5.82 Å². The summed E-state index contributed by atoms with van der Waals surface area (Å²) >= 11 is 2.05. The van der Waals surface area contributed by atoms with Crippen LogP contribution in [0.1, 0.15) is 31.5 Å². The predicted molar refractivity (Wildman–Crippen MR) is 85.1 cm³/mol.